The Kier molecular flexibility index (Phi) is 7.62. The smallest absolute Gasteiger partial charge is 0.352 e. The maximum Gasteiger partial charge on any atom is 0.418 e. The van der Waals surface area contributed by atoms with Gasteiger partial charge in [0.25, 0.3) is 11.8 Å². The van der Waals surface area contributed by atoms with Crippen molar-refractivity contribution in [2.45, 2.75) is 12.6 Å². The van der Waals surface area contributed by atoms with E-state index in [0.29, 0.717) is 11.6 Å². The van der Waals surface area contributed by atoms with Gasteiger partial charge in [0.2, 0.25) is 5.91 Å². The van der Waals surface area contributed by atoms with Crippen molar-refractivity contribution < 1.29 is 31.9 Å². The summed E-state index contributed by atoms with van der Waals surface area (Å²) in [6, 6.07) is 16.1. The normalized spacial score (nSPS) is 10.9. The summed E-state index contributed by atoms with van der Waals surface area (Å²) in [6.45, 7) is -0.0856. The molecule has 0 aromatic heterocycles. The highest BCUT2D eigenvalue weighted by atomic mass is 19.4. The van der Waals surface area contributed by atoms with E-state index in [-0.39, 0.29) is 24.2 Å². The topological polar surface area (TPSA) is 87.3 Å². The second-order valence-corrected chi connectivity index (χ2v) is 7.11. The van der Waals surface area contributed by atoms with Crippen molar-refractivity contribution in [1.82, 2.24) is 5.32 Å². The van der Waals surface area contributed by atoms with Gasteiger partial charge in [-0.15, -0.1) is 0 Å². The highest BCUT2D eigenvalue weighted by Crippen LogP contribution is 2.36. The molecule has 10 heteroatoms. The summed E-state index contributed by atoms with van der Waals surface area (Å²) >= 11 is 0. The van der Waals surface area contributed by atoms with Crippen LogP contribution in [-0.2, 0) is 11.0 Å². The molecule has 0 aliphatic carbocycles. The van der Waals surface area contributed by atoms with E-state index in [9.17, 15) is 31.9 Å². The molecule has 0 aliphatic rings. The molecule has 3 N–H and O–H groups in total. The van der Waals surface area contributed by atoms with Crippen molar-refractivity contribution >= 4 is 29.1 Å². The van der Waals surface area contributed by atoms with Gasteiger partial charge in [0.1, 0.15) is 5.82 Å². The van der Waals surface area contributed by atoms with Gasteiger partial charge < -0.3 is 16.0 Å². The van der Waals surface area contributed by atoms with Crippen LogP contribution in [0.2, 0.25) is 0 Å². The van der Waals surface area contributed by atoms with E-state index in [2.05, 4.69) is 16.0 Å². The van der Waals surface area contributed by atoms with Gasteiger partial charge in [-0.3, -0.25) is 14.4 Å². The summed E-state index contributed by atoms with van der Waals surface area (Å²) < 4.78 is 54.5. The molecule has 0 heterocycles. The number of benzene rings is 3. The van der Waals surface area contributed by atoms with Gasteiger partial charge in [-0.2, -0.15) is 13.2 Å². The van der Waals surface area contributed by atoms with Crippen LogP contribution in [0.15, 0.2) is 72.8 Å². The summed E-state index contributed by atoms with van der Waals surface area (Å²) in [5, 5.41) is 6.90. The Labute approximate surface area is 192 Å². The molecule has 0 aliphatic heterocycles. The predicted molar refractivity (Wildman–Crippen MR) is 118 cm³/mol. The zero-order valence-corrected chi connectivity index (χ0v) is 17.6. The molecule has 0 fully saturated rings. The lowest BCUT2D eigenvalue weighted by molar-refractivity contribution is -0.136. The van der Waals surface area contributed by atoms with E-state index in [4.69, 9.17) is 0 Å². The van der Waals surface area contributed by atoms with Crippen molar-refractivity contribution in [2.75, 3.05) is 17.2 Å². The maximum atomic E-state index is 13.8. The van der Waals surface area contributed by atoms with Crippen molar-refractivity contribution in [2.24, 2.45) is 0 Å². The molecule has 0 spiro atoms. The van der Waals surface area contributed by atoms with Gasteiger partial charge in [0.05, 0.1) is 16.8 Å². The Morgan fingerprint density at radius 1 is 0.794 bits per heavy atom. The van der Waals surface area contributed by atoms with E-state index in [1.165, 1.54) is 18.2 Å². The van der Waals surface area contributed by atoms with Gasteiger partial charge >= 0.3 is 6.18 Å². The van der Waals surface area contributed by atoms with E-state index in [1.807, 2.05) is 0 Å². The van der Waals surface area contributed by atoms with Crippen molar-refractivity contribution in [3.05, 3.63) is 95.3 Å². The maximum absolute atomic E-state index is 13.8. The average Bonchev–Trinajstić information content (AvgIpc) is 2.80. The lowest BCUT2D eigenvalue weighted by atomic mass is 10.1. The number of hydrogen-bond donors (Lipinski definition) is 3. The van der Waals surface area contributed by atoms with E-state index >= 15 is 0 Å². The minimum Gasteiger partial charge on any atom is -0.352 e. The highest BCUT2D eigenvalue weighted by Gasteiger charge is 2.34. The second-order valence-electron chi connectivity index (χ2n) is 7.11. The molecule has 0 saturated heterocycles. The van der Waals surface area contributed by atoms with Crippen LogP contribution < -0.4 is 16.0 Å². The third-order valence-electron chi connectivity index (χ3n) is 4.65. The molecule has 6 nitrogen and oxygen atoms in total. The number of hydrogen-bond acceptors (Lipinski definition) is 3. The summed E-state index contributed by atoms with van der Waals surface area (Å²) in [5.74, 6) is -2.90. The van der Waals surface area contributed by atoms with Crippen molar-refractivity contribution in [3.8, 4) is 0 Å². The Balaban J connectivity index is 1.65. The molecule has 0 saturated carbocycles. The Morgan fingerprint density at radius 2 is 1.47 bits per heavy atom. The largest absolute Gasteiger partial charge is 0.418 e. The lowest BCUT2D eigenvalue weighted by Crippen LogP contribution is -2.28. The minimum absolute atomic E-state index is 0.0856. The Bertz CT molecular complexity index is 1200. The van der Waals surface area contributed by atoms with Crippen LogP contribution in [0.4, 0.5) is 28.9 Å². The van der Waals surface area contributed by atoms with E-state index in [0.717, 1.165) is 18.2 Å². The first-order chi connectivity index (χ1) is 16.1. The quantitative estimate of drug-likeness (QED) is 0.429. The molecule has 3 aromatic rings. The van der Waals surface area contributed by atoms with Crippen LogP contribution in [0.5, 0.6) is 0 Å². The number of rotatable bonds is 7. The van der Waals surface area contributed by atoms with Crippen LogP contribution in [-0.4, -0.2) is 24.3 Å². The molecule has 3 amide bonds. The molecule has 0 atom stereocenters. The summed E-state index contributed by atoms with van der Waals surface area (Å²) in [7, 11) is 0. The molecule has 0 unspecified atom stereocenters. The van der Waals surface area contributed by atoms with Crippen LogP contribution in [0.25, 0.3) is 0 Å². The first-order valence-electron chi connectivity index (χ1n) is 10.1. The second kappa shape index (κ2) is 10.6. The van der Waals surface area contributed by atoms with Gasteiger partial charge in [-0.1, -0.05) is 30.3 Å². The van der Waals surface area contributed by atoms with Crippen LogP contribution in [0.3, 0.4) is 0 Å². The van der Waals surface area contributed by atoms with E-state index in [1.54, 1.807) is 30.3 Å². The SMILES string of the molecule is O=C(CCNC(=O)c1ccccc1)Nc1ccc(NC(=O)c2ccccc2F)cc1C(F)(F)F. The highest BCUT2D eigenvalue weighted by molar-refractivity contribution is 6.04. The van der Waals surface area contributed by atoms with Crippen LogP contribution >= 0.6 is 0 Å². The number of halogens is 4. The minimum atomic E-state index is -4.84. The van der Waals surface area contributed by atoms with Gasteiger partial charge in [0, 0.05) is 24.2 Å². The van der Waals surface area contributed by atoms with Gasteiger partial charge in [-0.05, 0) is 42.5 Å². The molecule has 3 aromatic carbocycles. The summed E-state index contributed by atoms with van der Waals surface area (Å²) in [4.78, 5) is 36.3. The number of carbonyl (C=O) groups is 3. The monoisotopic (exact) mass is 473 g/mol. The fraction of sp³-hybridized carbons (Fsp3) is 0.125. The third kappa shape index (κ3) is 6.41. The fourth-order valence-corrected chi connectivity index (χ4v) is 3.00. The van der Waals surface area contributed by atoms with E-state index < -0.39 is 41.0 Å². The number of nitrogens with one attached hydrogen (secondary N) is 3. The third-order valence-corrected chi connectivity index (χ3v) is 4.65. The molecule has 176 valence electrons. The number of carbonyl (C=O) groups excluding carboxylic acids is 3. The lowest BCUT2D eigenvalue weighted by Gasteiger charge is -2.16. The fourth-order valence-electron chi connectivity index (χ4n) is 3.00. The predicted octanol–water partition coefficient (Wildman–Crippen LogP) is 4.86. The standard InChI is InChI=1S/C24H19F4N3O3/c25-19-9-5-4-8-17(19)23(34)30-16-10-11-20(18(14-16)24(26,27)28)31-21(32)12-13-29-22(33)15-6-2-1-3-7-15/h1-11,14H,12-13H2,(H,29,33)(H,30,34)(H,31,32). The first-order valence-corrected chi connectivity index (χ1v) is 10.1. The zero-order valence-electron chi connectivity index (χ0n) is 17.6. The number of alkyl halides is 3. The molecular weight excluding hydrogens is 454 g/mol. The van der Waals surface area contributed by atoms with Gasteiger partial charge in [-0.25, -0.2) is 4.39 Å². The average molecular weight is 473 g/mol. The van der Waals surface area contributed by atoms with Crippen LogP contribution in [0, 0.1) is 5.82 Å². The van der Waals surface area contributed by atoms with Crippen molar-refractivity contribution in [1.29, 1.82) is 0 Å². The Hall–Kier alpha value is -4.21. The van der Waals surface area contributed by atoms with Crippen molar-refractivity contribution in [3.63, 3.8) is 0 Å². The number of amides is 3. The summed E-state index contributed by atoms with van der Waals surface area (Å²) in [5.41, 5.74) is -1.88. The Morgan fingerprint density at radius 3 is 2.15 bits per heavy atom. The molecule has 0 bridgehead atoms. The van der Waals surface area contributed by atoms with Crippen LogP contribution in [0.1, 0.15) is 32.7 Å². The molecule has 34 heavy (non-hydrogen) atoms. The molecule has 3 rings (SSSR count). The zero-order chi connectivity index (χ0) is 24.7. The first kappa shape index (κ1) is 24.4. The molecular formula is C24H19F4N3O3. The molecule has 0 radical (unpaired) electrons. The van der Waals surface area contributed by atoms with Gasteiger partial charge in [0.15, 0.2) is 0 Å². The number of anilines is 2. The summed E-state index contributed by atoms with van der Waals surface area (Å²) in [6.07, 6.45) is -5.11.